The Labute approximate surface area is 257 Å². The SMILES string of the molecule is Cc1ccc(NC(=O)c2ccnc(C(F)(F)F)c2)cc1-c1cc(OCCO[Si](C)(C)C(C)(C)C)nc(C23CCOCC2C3)c1. The number of nitrogens with zero attached hydrogens (tertiary/aromatic N) is 2. The zero-order valence-corrected chi connectivity index (χ0v) is 27.1. The average Bonchev–Trinajstić information content (AvgIpc) is 3.72. The Kier molecular flexibility index (Phi) is 8.69. The molecule has 2 unspecified atom stereocenters. The number of halogens is 3. The summed E-state index contributed by atoms with van der Waals surface area (Å²) in [6, 6.07) is 11.4. The summed E-state index contributed by atoms with van der Waals surface area (Å²) in [6.45, 7) is 15.2. The first-order valence-electron chi connectivity index (χ1n) is 14.9. The van der Waals surface area contributed by atoms with E-state index in [-0.39, 0.29) is 16.0 Å². The lowest BCUT2D eigenvalue weighted by Crippen LogP contribution is -2.41. The normalized spacial score (nSPS) is 20.2. The fourth-order valence-electron chi connectivity index (χ4n) is 5.42. The second-order valence-electron chi connectivity index (χ2n) is 13.3. The molecule has 7 nitrogen and oxygen atoms in total. The summed E-state index contributed by atoms with van der Waals surface area (Å²) in [7, 11) is -1.92. The maximum Gasteiger partial charge on any atom is 0.433 e. The molecule has 0 bridgehead atoms. The van der Waals surface area contributed by atoms with Gasteiger partial charge >= 0.3 is 6.18 Å². The lowest BCUT2D eigenvalue weighted by molar-refractivity contribution is -0.141. The average molecular weight is 628 g/mol. The predicted molar refractivity (Wildman–Crippen MR) is 165 cm³/mol. The van der Waals surface area contributed by atoms with Gasteiger partial charge in [-0.3, -0.25) is 9.78 Å². The molecule has 3 aromatic rings. The second kappa shape index (κ2) is 11.9. The minimum atomic E-state index is -4.65. The summed E-state index contributed by atoms with van der Waals surface area (Å²) in [6.07, 6.45) is -1.76. The molecule has 1 aliphatic heterocycles. The van der Waals surface area contributed by atoms with Crippen molar-refractivity contribution >= 4 is 19.9 Å². The van der Waals surface area contributed by atoms with Gasteiger partial charge < -0.3 is 19.2 Å². The van der Waals surface area contributed by atoms with E-state index in [9.17, 15) is 18.0 Å². The monoisotopic (exact) mass is 627 g/mol. The maximum atomic E-state index is 13.1. The number of ether oxygens (including phenoxy) is 2. The van der Waals surface area contributed by atoms with E-state index in [2.05, 4.69) is 50.2 Å². The Morgan fingerprint density at radius 2 is 1.89 bits per heavy atom. The Morgan fingerprint density at radius 3 is 2.59 bits per heavy atom. The number of rotatable bonds is 9. The largest absolute Gasteiger partial charge is 0.475 e. The summed E-state index contributed by atoms with van der Waals surface area (Å²) in [4.78, 5) is 21.2. The highest BCUT2D eigenvalue weighted by atomic mass is 28.4. The third kappa shape index (κ3) is 6.84. The van der Waals surface area contributed by atoms with Crippen molar-refractivity contribution in [2.75, 3.05) is 31.7 Å². The van der Waals surface area contributed by atoms with Gasteiger partial charge in [0.15, 0.2) is 8.32 Å². The van der Waals surface area contributed by atoms with Crippen LogP contribution in [0.1, 0.15) is 60.9 Å². The van der Waals surface area contributed by atoms with Crippen molar-refractivity contribution < 1.29 is 31.9 Å². The molecule has 2 aliphatic rings. The van der Waals surface area contributed by atoms with Gasteiger partial charge in [0.25, 0.3) is 5.91 Å². The number of hydrogen-bond donors (Lipinski definition) is 1. The number of alkyl halides is 3. The maximum absolute atomic E-state index is 13.1. The van der Waals surface area contributed by atoms with Crippen LogP contribution in [0.3, 0.4) is 0 Å². The van der Waals surface area contributed by atoms with E-state index in [4.69, 9.17) is 18.9 Å². The van der Waals surface area contributed by atoms with Crippen molar-refractivity contribution in [3.8, 4) is 17.0 Å². The highest BCUT2D eigenvalue weighted by molar-refractivity contribution is 6.74. The molecular formula is C33H40F3N3O4Si. The summed E-state index contributed by atoms with van der Waals surface area (Å²) in [5.74, 6) is 0.270. The molecule has 0 spiro atoms. The van der Waals surface area contributed by atoms with Crippen LogP contribution in [-0.4, -0.2) is 50.6 Å². The first kappa shape index (κ1) is 32.1. The van der Waals surface area contributed by atoms with E-state index in [0.717, 1.165) is 47.5 Å². The first-order valence-corrected chi connectivity index (χ1v) is 17.8. The number of hydrogen-bond acceptors (Lipinski definition) is 6. The number of pyridine rings is 2. The molecule has 1 aliphatic carbocycles. The molecule has 1 aromatic carbocycles. The van der Waals surface area contributed by atoms with Gasteiger partial charge in [-0.2, -0.15) is 13.2 Å². The van der Waals surface area contributed by atoms with E-state index < -0.39 is 26.1 Å². The molecular weight excluding hydrogens is 587 g/mol. The van der Waals surface area contributed by atoms with Gasteiger partial charge in [0.1, 0.15) is 12.3 Å². The minimum Gasteiger partial charge on any atom is -0.475 e. The molecule has 5 rings (SSSR count). The van der Waals surface area contributed by atoms with Crippen LogP contribution in [0.5, 0.6) is 5.88 Å². The number of anilines is 1. The van der Waals surface area contributed by atoms with Crippen LogP contribution < -0.4 is 10.1 Å². The molecule has 1 N–H and O–H groups in total. The number of fused-ring (bicyclic) bond motifs is 1. The van der Waals surface area contributed by atoms with Crippen LogP contribution in [0, 0.1) is 12.8 Å². The number of benzene rings is 1. The molecule has 0 radical (unpaired) electrons. The van der Waals surface area contributed by atoms with Crippen LogP contribution in [0.15, 0.2) is 48.7 Å². The second-order valence-corrected chi connectivity index (χ2v) is 18.1. The van der Waals surface area contributed by atoms with Crippen LogP contribution in [0.25, 0.3) is 11.1 Å². The molecule has 1 saturated heterocycles. The lowest BCUT2D eigenvalue weighted by Gasteiger charge is -2.36. The lowest BCUT2D eigenvalue weighted by atomic mass is 9.90. The van der Waals surface area contributed by atoms with Crippen molar-refractivity contribution in [2.24, 2.45) is 5.92 Å². The number of nitrogens with one attached hydrogen (secondary N) is 1. The number of amides is 1. The summed E-state index contributed by atoms with van der Waals surface area (Å²) in [5, 5.41) is 2.84. The van der Waals surface area contributed by atoms with Gasteiger partial charge in [0.05, 0.1) is 18.9 Å². The fraction of sp³-hybridized carbons (Fsp3) is 0.485. The number of carbonyl (C=O) groups excluding carboxylic acids is 1. The summed E-state index contributed by atoms with van der Waals surface area (Å²) < 4.78 is 57.6. The molecule has 236 valence electrons. The molecule has 2 aromatic heterocycles. The van der Waals surface area contributed by atoms with Crippen molar-refractivity contribution in [3.63, 3.8) is 0 Å². The molecule has 3 heterocycles. The van der Waals surface area contributed by atoms with Crippen LogP contribution in [0.2, 0.25) is 18.1 Å². The Balaban J connectivity index is 1.41. The van der Waals surface area contributed by atoms with E-state index >= 15 is 0 Å². The van der Waals surface area contributed by atoms with Gasteiger partial charge in [0.2, 0.25) is 5.88 Å². The Hall–Kier alpha value is -3.28. The molecule has 1 amide bonds. The Morgan fingerprint density at radius 1 is 1.11 bits per heavy atom. The quantitative estimate of drug-likeness (QED) is 0.193. The van der Waals surface area contributed by atoms with Crippen molar-refractivity contribution in [3.05, 3.63) is 71.2 Å². The molecule has 2 atom stereocenters. The summed E-state index contributed by atoms with van der Waals surface area (Å²) >= 11 is 0. The van der Waals surface area contributed by atoms with Gasteiger partial charge in [-0.1, -0.05) is 26.8 Å². The van der Waals surface area contributed by atoms with E-state index in [0.29, 0.717) is 43.9 Å². The first-order chi connectivity index (χ1) is 20.6. The highest BCUT2D eigenvalue weighted by Gasteiger charge is 2.58. The smallest absolute Gasteiger partial charge is 0.433 e. The molecule has 11 heteroatoms. The third-order valence-corrected chi connectivity index (χ3v) is 13.8. The highest BCUT2D eigenvalue weighted by Crippen LogP contribution is 2.58. The van der Waals surface area contributed by atoms with Gasteiger partial charge in [-0.15, -0.1) is 0 Å². The third-order valence-electron chi connectivity index (χ3n) is 9.28. The van der Waals surface area contributed by atoms with Gasteiger partial charge in [-0.05, 0) is 90.8 Å². The van der Waals surface area contributed by atoms with Gasteiger partial charge in [-0.25, -0.2) is 4.98 Å². The van der Waals surface area contributed by atoms with Crippen molar-refractivity contribution in [1.82, 2.24) is 9.97 Å². The van der Waals surface area contributed by atoms with E-state index in [1.807, 2.05) is 25.1 Å². The number of carbonyl (C=O) groups is 1. The zero-order chi connectivity index (χ0) is 31.9. The van der Waals surface area contributed by atoms with Crippen LogP contribution >= 0.6 is 0 Å². The topological polar surface area (TPSA) is 82.6 Å². The van der Waals surface area contributed by atoms with Gasteiger partial charge in [0, 0.05) is 35.5 Å². The number of aryl methyl sites for hydroxylation is 1. The number of aromatic nitrogens is 2. The standard InChI is InChI=1S/C33H40F3N3O4Si/c1-21-7-8-25(38-30(40)22-9-11-37-28(15-22)33(34,35)36)18-26(21)23-16-27(32-10-12-41-20-24(32)19-32)39-29(17-23)42-13-14-43-44(5,6)31(2,3)4/h7-9,11,15-18,24H,10,12-14,19-20H2,1-6H3,(H,38,40). The summed E-state index contributed by atoms with van der Waals surface area (Å²) in [5.41, 5.74) is 2.85. The van der Waals surface area contributed by atoms with Crippen LogP contribution in [0.4, 0.5) is 18.9 Å². The molecule has 44 heavy (non-hydrogen) atoms. The fourth-order valence-corrected chi connectivity index (χ4v) is 6.44. The minimum absolute atomic E-state index is 0.0404. The predicted octanol–water partition coefficient (Wildman–Crippen LogP) is 7.80. The molecule has 1 saturated carbocycles. The van der Waals surface area contributed by atoms with Crippen molar-refractivity contribution in [1.29, 1.82) is 0 Å². The zero-order valence-electron chi connectivity index (χ0n) is 26.1. The van der Waals surface area contributed by atoms with Crippen LogP contribution in [-0.2, 0) is 20.8 Å². The van der Waals surface area contributed by atoms with E-state index in [1.165, 1.54) is 6.07 Å². The Bertz CT molecular complexity index is 1540. The van der Waals surface area contributed by atoms with Crippen molar-refractivity contribution in [2.45, 2.75) is 70.3 Å². The molecule has 2 fully saturated rings. The van der Waals surface area contributed by atoms with E-state index in [1.54, 1.807) is 6.07 Å².